The Morgan fingerprint density at radius 2 is 2.11 bits per heavy atom. The summed E-state index contributed by atoms with van der Waals surface area (Å²) in [5, 5.41) is 12.2. The first-order valence-corrected chi connectivity index (χ1v) is 6.82. The molecule has 0 bridgehead atoms. The van der Waals surface area contributed by atoms with Crippen LogP contribution in [0, 0.1) is 0 Å². The number of hydrogen-bond acceptors (Lipinski definition) is 3. The van der Waals surface area contributed by atoms with E-state index in [2.05, 4.69) is 4.99 Å². The van der Waals surface area contributed by atoms with E-state index in [1.807, 2.05) is 36.8 Å². The second-order valence-electron chi connectivity index (χ2n) is 4.62. The van der Waals surface area contributed by atoms with Crippen LogP contribution in [0.5, 0.6) is 0 Å². The van der Waals surface area contributed by atoms with Crippen molar-refractivity contribution in [1.82, 2.24) is 4.57 Å². The molecule has 0 aliphatic carbocycles. The van der Waals surface area contributed by atoms with Crippen LogP contribution in [0.3, 0.4) is 0 Å². The van der Waals surface area contributed by atoms with Gasteiger partial charge in [0, 0.05) is 18.6 Å². The molecule has 1 unspecified atom stereocenters. The summed E-state index contributed by atoms with van der Waals surface area (Å²) in [6.45, 7) is 1.63. The zero-order chi connectivity index (χ0) is 13.9. The molecule has 0 saturated heterocycles. The van der Waals surface area contributed by atoms with Crippen LogP contribution in [0.2, 0.25) is 0 Å². The Balaban J connectivity index is 2.18. The molecule has 0 radical (unpaired) electrons. The first-order chi connectivity index (χ1) is 8.99. The molecule has 2 aromatic rings. The van der Waals surface area contributed by atoms with Crippen LogP contribution in [0.25, 0.3) is 0 Å². The lowest BCUT2D eigenvalue weighted by atomic mass is 9.92. The second kappa shape index (κ2) is 5.50. The van der Waals surface area contributed by atoms with Gasteiger partial charge in [-0.2, -0.15) is 4.99 Å². The van der Waals surface area contributed by atoms with Crippen molar-refractivity contribution in [2.24, 2.45) is 12.0 Å². The largest absolute Gasteiger partial charge is 0.385 e. The Labute approximate surface area is 115 Å². The minimum atomic E-state index is -1.20. The van der Waals surface area contributed by atoms with E-state index in [4.69, 9.17) is 0 Å². The lowest BCUT2D eigenvalue weighted by Gasteiger charge is -2.21. The maximum atomic E-state index is 11.9. The molecule has 19 heavy (non-hydrogen) atoms. The molecular weight excluding hydrogens is 260 g/mol. The summed E-state index contributed by atoms with van der Waals surface area (Å²) in [5.41, 5.74) is -0.480. The summed E-state index contributed by atoms with van der Waals surface area (Å²) >= 11 is 1.39. The quantitative estimate of drug-likeness (QED) is 0.929. The molecule has 0 saturated carbocycles. The summed E-state index contributed by atoms with van der Waals surface area (Å²) in [7, 11) is 1.83. The number of aromatic nitrogens is 1. The normalized spacial score (nSPS) is 15.2. The van der Waals surface area contributed by atoms with Crippen LogP contribution in [0.1, 0.15) is 18.9 Å². The van der Waals surface area contributed by atoms with E-state index >= 15 is 0 Å². The van der Waals surface area contributed by atoms with Gasteiger partial charge >= 0.3 is 0 Å². The third-order valence-electron chi connectivity index (χ3n) is 2.87. The molecule has 100 valence electrons. The first-order valence-electron chi connectivity index (χ1n) is 5.94. The van der Waals surface area contributed by atoms with Crippen molar-refractivity contribution in [3.8, 4) is 0 Å². The number of thiazole rings is 1. The van der Waals surface area contributed by atoms with E-state index in [0.717, 1.165) is 0 Å². The fourth-order valence-electron chi connectivity index (χ4n) is 1.77. The number of carbonyl (C=O) groups is 1. The molecule has 2 rings (SSSR count). The highest BCUT2D eigenvalue weighted by atomic mass is 32.1. The van der Waals surface area contributed by atoms with Gasteiger partial charge < -0.3 is 9.67 Å². The van der Waals surface area contributed by atoms with Crippen LogP contribution < -0.4 is 4.80 Å². The molecule has 1 atom stereocenters. The summed E-state index contributed by atoms with van der Waals surface area (Å²) in [6, 6.07) is 9.16. The molecule has 1 aromatic carbocycles. The predicted molar refractivity (Wildman–Crippen MR) is 74.5 cm³/mol. The molecule has 1 aromatic heterocycles. The van der Waals surface area contributed by atoms with E-state index in [1.54, 1.807) is 23.6 Å². The highest BCUT2D eigenvalue weighted by Gasteiger charge is 2.26. The highest BCUT2D eigenvalue weighted by molar-refractivity contribution is 7.07. The van der Waals surface area contributed by atoms with E-state index in [0.29, 0.717) is 10.4 Å². The number of hydrogen-bond donors (Lipinski definition) is 1. The Kier molecular flexibility index (Phi) is 3.97. The van der Waals surface area contributed by atoms with Gasteiger partial charge in [0.05, 0.1) is 12.0 Å². The van der Waals surface area contributed by atoms with Crippen molar-refractivity contribution in [2.75, 3.05) is 0 Å². The van der Waals surface area contributed by atoms with Crippen LogP contribution in [-0.4, -0.2) is 15.6 Å². The van der Waals surface area contributed by atoms with Gasteiger partial charge in [-0.15, -0.1) is 11.3 Å². The standard InChI is InChI=1S/C14H16N2O2S/c1-14(18,11-6-4-3-5-7-11)10-12(17)15-13-16(2)8-9-19-13/h3-9,18H,10H2,1-2H3. The lowest BCUT2D eigenvalue weighted by Crippen LogP contribution is -2.25. The lowest BCUT2D eigenvalue weighted by molar-refractivity contribution is -0.122. The van der Waals surface area contributed by atoms with Crippen molar-refractivity contribution in [3.63, 3.8) is 0 Å². The smallest absolute Gasteiger partial charge is 0.251 e. The summed E-state index contributed by atoms with van der Waals surface area (Å²) in [5.74, 6) is -0.327. The van der Waals surface area contributed by atoms with Gasteiger partial charge in [-0.3, -0.25) is 4.79 Å². The third kappa shape index (κ3) is 3.39. The van der Waals surface area contributed by atoms with Gasteiger partial charge in [0.2, 0.25) is 0 Å². The maximum Gasteiger partial charge on any atom is 0.251 e. The monoisotopic (exact) mass is 276 g/mol. The molecule has 1 amide bonds. The van der Waals surface area contributed by atoms with Crippen LogP contribution >= 0.6 is 11.3 Å². The first kappa shape index (κ1) is 13.7. The summed E-state index contributed by atoms with van der Waals surface area (Å²) in [6.07, 6.45) is 1.81. The zero-order valence-electron chi connectivity index (χ0n) is 10.9. The number of aliphatic hydroxyl groups is 1. The maximum absolute atomic E-state index is 11.9. The van der Waals surface area contributed by atoms with E-state index in [1.165, 1.54) is 11.3 Å². The van der Waals surface area contributed by atoms with Gasteiger partial charge in [0.25, 0.3) is 5.91 Å². The highest BCUT2D eigenvalue weighted by Crippen LogP contribution is 2.24. The van der Waals surface area contributed by atoms with Gasteiger partial charge in [-0.1, -0.05) is 30.3 Å². The molecule has 0 fully saturated rings. The predicted octanol–water partition coefficient (Wildman–Crippen LogP) is 1.81. The fourth-order valence-corrected chi connectivity index (χ4v) is 2.52. The van der Waals surface area contributed by atoms with Gasteiger partial charge in [0.15, 0.2) is 4.80 Å². The number of aryl methyl sites for hydroxylation is 1. The number of benzene rings is 1. The van der Waals surface area contributed by atoms with Gasteiger partial charge in [-0.05, 0) is 12.5 Å². The average Bonchev–Trinajstić information content (AvgIpc) is 2.75. The molecule has 0 aliphatic heterocycles. The van der Waals surface area contributed by atoms with Crippen molar-refractivity contribution in [1.29, 1.82) is 0 Å². The number of rotatable bonds is 3. The van der Waals surface area contributed by atoms with Crippen molar-refractivity contribution >= 4 is 17.2 Å². The topological polar surface area (TPSA) is 54.6 Å². The summed E-state index contributed by atoms with van der Waals surface area (Å²) < 4.78 is 1.78. The van der Waals surface area contributed by atoms with Crippen molar-refractivity contribution < 1.29 is 9.90 Å². The minimum Gasteiger partial charge on any atom is -0.385 e. The number of carbonyl (C=O) groups excluding carboxylic acids is 1. The van der Waals surface area contributed by atoms with Crippen molar-refractivity contribution in [2.45, 2.75) is 18.9 Å². The number of amides is 1. The molecule has 1 N–H and O–H groups in total. The van der Waals surface area contributed by atoms with Crippen LogP contribution in [-0.2, 0) is 17.4 Å². The fraction of sp³-hybridized carbons (Fsp3) is 0.286. The number of nitrogens with zero attached hydrogens (tertiary/aromatic N) is 2. The average molecular weight is 276 g/mol. The Bertz CT molecular complexity index is 626. The Morgan fingerprint density at radius 3 is 2.68 bits per heavy atom. The minimum absolute atomic E-state index is 0.0328. The molecular formula is C14H16N2O2S. The Morgan fingerprint density at radius 1 is 1.42 bits per heavy atom. The van der Waals surface area contributed by atoms with Gasteiger partial charge in [0.1, 0.15) is 0 Å². The SMILES string of the molecule is Cn1ccsc1=NC(=O)CC(C)(O)c1ccccc1. The van der Waals surface area contributed by atoms with E-state index < -0.39 is 5.60 Å². The van der Waals surface area contributed by atoms with E-state index in [-0.39, 0.29) is 12.3 Å². The second-order valence-corrected chi connectivity index (χ2v) is 5.49. The van der Waals surface area contributed by atoms with Gasteiger partial charge in [-0.25, -0.2) is 0 Å². The molecule has 5 heteroatoms. The Hall–Kier alpha value is -1.72. The zero-order valence-corrected chi connectivity index (χ0v) is 11.7. The van der Waals surface area contributed by atoms with Crippen molar-refractivity contribution in [3.05, 3.63) is 52.3 Å². The molecule has 1 heterocycles. The van der Waals surface area contributed by atoms with Crippen LogP contribution in [0.4, 0.5) is 0 Å². The van der Waals surface area contributed by atoms with Crippen LogP contribution in [0.15, 0.2) is 46.9 Å². The summed E-state index contributed by atoms with van der Waals surface area (Å²) in [4.78, 5) is 16.6. The third-order valence-corrected chi connectivity index (χ3v) is 3.72. The molecule has 4 nitrogen and oxygen atoms in total. The van der Waals surface area contributed by atoms with E-state index in [9.17, 15) is 9.90 Å². The molecule has 0 aliphatic rings. The molecule has 0 spiro atoms.